The molecule has 19 heavy (non-hydrogen) atoms. The Bertz CT molecular complexity index is 434. The lowest BCUT2D eigenvalue weighted by Gasteiger charge is -2.06. The number of carbonyl (C=O) groups excluding carboxylic acids is 2. The van der Waals surface area contributed by atoms with Gasteiger partial charge in [0, 0.05) is 6.20 Å². The van der Waals surface area contributed by atoms with Gasteiger partial charge in [0.05, 0.1) is 18.9 Å². The molecule has 0 aliphatic rings. The zero-order valence-corrected chi connectivity index (χ0v) is 10.9. The summed E-state index contributed by atoms with van der Waals surface area (Å²) in [5.74, 6) is -1.46. The molecule has 0 fully saturated rings. The van der Waals surface area contributed by atoms with Crippen molar-refractivity contribution in [1.29, 1.82) is 0 Å². The first-order valence-electron chi connectivity index (χ1n) is 5.88. The quantitative estimate of drug-likeness (QED) is 0.365. The van der Waals surface area contributed by atoms with Crippen LogP contribution in [0.15, 0.2) is 30.0 Å². The molecule has 0 amide bonds. The lowest BCUT2D eigenvalue weighted by atomic mass is 10.3. The van der Waals surface area contributed by atoms with Crippen molar-refractivity contribution in [2.45, 2.75) is 13.8 Å². The standard InChI is InChI=1S/C14H15NO4/c1-3-18-13(16)12(14(17)19-4-2)10-15-11-8-6-5-7-9-11/h5-6,8,10,15H,3-4H2,1-2H3. The molecule has 0 atom stereocenters. The van der Waals surface area contributed by atoms with Crippen molar-refractivity contribution >= 4 is 17.6 Å². The highest BCUT2D eigenvalue weighted by Crippen LogP contribution is 2.06. The number of hydrogen-bond donors (Lipinski definition) is 1. The molecule has 1 aromatic rings. The molecule has 0 spiro atoms. The summed E-state index contributed by atoms with van der Waals surface area (Å²) in [6, 6.07) is 10.7. The first-order chi connectivity index (χ1) is 9.19. The Morgan fingerprint density at radius 2 is 1.89 bits per heavy atom. The summed E-state index contributed by atoms with van der Waals surface area (Å²) >= 11 is 0. The van der Waals surface area contributed by atoms with Gasteiger partial charge in [-0.15, -0.1) is 0 Å². The number of anilines is 1. The maximum Gasteiger partial charge on any atom is 0.347 e. The third-order valence-corrected chi connectivity index (χ3v) is 2.01. The van der Waals surface area contributed by atoms with Gasteiger partial charge in [0.2, 0.25) is 0 Å². The van der Waals surface area contributed by atoms with Gasteiger partial charge in [-0.25, -0.2) is 9.59 Å². The van der Waals surface area contributed by atoms with Gasteiger partial charge in [-0.3, -0.25) is 0 Å². The zero-order valence-electron chi connectivity index (χ0n) is 10.9. The number of carbonyl (C=O) groups is 2. The fourth-order valence-corrected chi connectivity index (χ4v) is 1.21. The Kier molecular flexibility index (Phi) is 5.96. The smallest absolute Gasteiger partial charge is 0.347 e. The summed E-state index contributed by atoms with van der Waals surface area (Å²) < 4.78 is 9.59. The van der Waals surface area contributed by atoms with Crippen LogP contribution in [0.2, 0.25) is 0 Å². The van der Waals surface area contributed by atoms with Gasteiger partial charge in [-0.1, -0.05) is 12.1 Å². The van der Waals surface area contributed by atoms with E-state index in [-0.39, 0.29) is 18.8 Å². The predicted octanol–water partition coefficient (Wildman–Crippen LogP) is 1.71. The number of hydrogen-bond acceptors (Lipinski definition) is 5. The van der Waals surface area contributed by atoms with Crippen LogP contribution in [0.25, 0.3) is 0 Å². The molecular weight excluding hydrogens is 246 g/mol. The van der Waals surface area contributed by atoms with E-state index in [2.05, 4.69) is 17.4 Å². The van der Waals surface area contributed by atoms with E-state index in [9.17, 15) is 9.59 Å². The largest absolute Gasteiger partial charge is 0.462 e. The number of ether oxygens (including phenoxy) is 2. The van der Waals surface area contributed by atoms with Gasteiger partial charge in [0.15, 0.2) is 5.57 Å². The zero-order chi connectivity index (χ0) is 14.1. The molecule has 0 saturated carbocycles. The Labute approximate surface area is 112 Å². The van der Waals surface area contributed by atoms with Gasteiger partial charge in [-0.05, 0) is 32.0 Å². The summed E-state index contributed by atoms with van der Waals surface area (Å²) in [7, 11) is 0. The topological polar surface area (TPSA) is 64.6 Å². The summed E-state index contributed by atoms with van der Waals surface area (Å²) in [5, 5.41) is 2.77. The first kappa shape index (κ1) is 14.6. The fourth-order valence-electron chi connectivity index (χ4n) is 1.21. The lowest BCUT2D eigenvalue weighted by molar-refractivity contribution is -0.146. The van der Waals surface area contributed by atoms with Crippen LogP contribution in [0.5, 0.6) is 0 Å². The third kappa shape index (κ3) is 4.72. The molecule has 0 aliphatic heterocycles. The van der Waals surface area contributed by atoms with Crippen LogP contribution in [0, 0.1) is 12.1 Å². The second-order valence-electron chi connectivity index (χ2n) is 3.35. The molecule has 100 valence electrons. The van der Waals surface area contributed by atoms with Crippen LogP contribution in [-0.2, 0) is 19.1 Å². The molecule has 0 saturated heterocycles. The highest BCUT2D eigenvalue weighted by Gasteiger charge is 2.20. The lowest BCUT2D eigenvalue weighted by Crippen LogP contribution is -2.19. The summed E-state index contributed by atoms with van der Waals surface area (Å²) in [6.07, 6.45) is 1.25. The third-order valence-electron chi connectivity index (χ3n) is 2.01. The number of nitrogens with one attached hydrogen (secondary N) is 1. The van der Waals surface area contributed by atoms with Crippen LogP contribution in [0.3, 0.4) is 0 Å². The maximum absolute atomic E-state index is 11.6. The van der Waals surface area contributed by atoms with E-state index in [1.807, 2.05) is 0 Å². The molecule has 1 aromatic carbocycles. The van der Waals surface area contributed by atoms with Crippen molar-refractivity contribution < 1.29 is 19.1 Å². The monoisotopic (exact) mass is 261 g/mol. The number of esters is 2. The van der Waals surface area contributed by atoms with Crippen LogP contribution in [0.4, 0.5) is 5.69 Å². The molecule has 0 radical (unpaired) electrons. The van der Waals surface area contributed by atoms with Crippen LogP contribution >= 0.6 is 0 Å². The second kappa shape index (κ2) is 7.77. The molecule has 0 unspecified atom stereocenters. The second-order valence-corrected chi connectivity index (χ2v) is 3.35. The van der Waals surface area contributed by atoms with Crippen molar-refractivity contribution in [3.8, 4) is 0 Å². The normalized spacial score (nSPS) is 8.95. The highest BCUT2D eigenvalue weighted by atomic mass is 16.6. The Morgan fingerprint density at radius 1 is 1.26 bits per heavy atom. The van der Waals surface area contributed by atoms with E-state index in [0.717, 1.165) is 0 Å². The van der Waals surface area contributed by atoms with Gasteiger partial charge in [0.1, 0.15) is 0 Å². The Morgan fingerprint density at radius 3 is 2.37 bits per heavy atom. The van der Waals surface area contributed by atoms with Crippen molar-refractivity contribution in [1.82, 2.24) is 0 Å². The van der Waals surface area contributed by atoms with Gasteiger partial charge >= 0.3 is 11.9 Å². The van der Waals surface area contributed by atoms with Crippen molar-refractivity contribution in [3.63, 3.8) is 0 Å². The average Bonchev–Trinajstić information content (AvgIpc) is 2.41. The molecule has 0 bridgehead atoms. The SMILES string of the molecule is CCOC(=O)C(=CNc1c#cccc1)C(=O)OCC. The molecule has 0 heterocycles. The Hall–Kier alpha value is -2.48. The predicted molar refractivity (Wildman–Crippen MR) is 69.1 cm³/mol. The summed E-state index contributed by atoms with van der Waals surface area (Å²) in [5.41, 5.74) is 0.384. The van der Waals surface area contributed by atoms with Gasteiger partial charge in [-0.2, -0.15) is 0 Å². The van der Waals surface area contributed by atoms with Crippen molar-refractivity contribution in [3.05, 3.63) is 42.1 Å². The Balaban J connectivity index is 2.83. The van der Waals surface area contributed by atoms with Crippen LogP contribution < -0.4 is 5.32 Å². The molecular formula is C14H15NO4. The molecule has 0 aliphatic carbocycles. The minimum absolute atomic E-state index is 0.181. The van der Waals surface area contributed by atoms with E-state index >= 15 is 0 Å². The van der Waals surface area contributed by atoms with E-state index in [1.165, 1.54) is 6.20 Å². The molecule has 5 nitrogen and oxygen atoms in total. The molecule has 5 heteroatoms. The van der Waals surface area contributed by atoms with Gasteiger partial charge < -0.3 is 14.8 Å². The van der Waals surface area contributed by atoms with E-state index < -0.39 is 11.9 Å². The molecule has 0 aromatic heterocycles. The number of rotatable bonds is 6. The minimum Gasteiger partial charge on any atom is -0.462 e. The van der Waals surface area contributed by atoms with Crippen molar-refractivity contribution in [2.75, 3.05) is 18.5 Å². The fraction of sp³-hybridized carbons (Fsp3) is 0.286. The molecule has 1 N–H and O–H groups in total. The van der Waals surface area contributed by atoms with E-state index in [1.54, 1.807) is 32.0 Å². The first-order valence-corrected chi connectivity index (χ1v) is 5.88. The average molecular weight is 261 g/mol. The molecule has 1 rings (SSSR count). The minimum atomic E-state index is -0.728. The highest BCUT2D eigenvalue weighted by molar-refractivity contribution is 6.14. The summed E-state index contributed by atoms with van der Waals surface area (Å²) in [6.45, 7) is 3.68. The maximum atomic E-state index is 11.6. The van der Waals surface area contributed by atoms with Crippen molar-refractivity contribution in [2.24, 2.45) is 0 Å². The van der Waals surface area contributed by atoms with E-state index in [4.69, 9.17) is 9.47 Å². The van der Waals surface area contributed by atoms with Gasteiger partial charge in [0.25, 0.3) is 0 Å². The van der Waals surface area contributed by atoms with E-state index in [0.29, 0.717) is 5.69 Å². The summed E-state index contributed by atoms with van der Waals surface area (Å²) in [4.78, 5) is 23.3. The van der Waals surface area contributed by atoms with Crippen LogP contribution in [0.1, 0.15) is 13.8 Å². The van der Waals surface area contributed by atoms with Crippen LogP contribution in [-0.4, -0.2) is 25.2 Å².